The highest BCUT2D eigenvalue weighted by Crippen LogP contribution is 2.39. The monoisotopic (exact) mass is 439 g/mol. The number of ether oxygens (including phenoxy) is 4. The normalized spacial score (nSPS) is 10.8. The second-order valence-electron chi connectivity index (χ2n) is 7.33. The molecular formula is C25H29NO6. The zero-order valence-corrected chi connectivity index (χ0v) is 18.8. The predicted molar refractivity (Wildman–Crippen MR) is 122 cm³/mol. The van der Waals surface area contributed by atoms with Gasteiger partial charge in [-0.2, -0.15) is 0 Å². The summed E-state index contributed by atoms with van der Waals surface area (Å²) in [7, 11) is 6.04. The van der Waals surface area contributed by atoms with Crippen LogP contribution in [0, 0.1) is 0 Å². The molecule has 2 N–H and O–H groups in total. The van der Waals surface area contributed by atoms with E-state index in [4.69, 9.17) is 18.9 Å². The summed E-state index contributed by atoms with van der Waals surface area (Å²) in [6, 6.07) is 17.3. The van der Waals surface area contributed by atoms with Crippen LogP contribution in [0.2, 0.25) is 0 Å². The number of methoxy groups -OCH3 is 4. The molecule has 0 unspecified atom stereocenters. The Labute approximate surface area is 188 Å². The van der Waals surface area contributed by atoms with E-state index in [9.17, 15) is 10.2 Å². The molecule has 0 aromatic heterocycles. The molecule has 0 spiro atoms. The number of benzene rings is 3. The lowest BCUT2D eigenvalue weighted by molar-refractivity contribution is 0.245. The smallest absolute Gasteiger partial charge is 0.200 e. The van der Waals surface area contributed by atoms with Gasteiger partial charge in [0, 0.05) is 19.6 Å². The molecule has 0 saturated heterocycles. The molecular weight excluding hydrogens is 410 g/mol. The summed E-state index contributed by atoms with van der Waals surface area (Å²) in [5.74, 6) is 1.36. The summed E-state index contributed by atoms with van der Waals surface area (Å²) in [6.07, 6.45) is 0. The van der Waals surface area contributed by atoms with Gasteiger partial charge in [-0.05, 0) is 41.0 Å². The molecule has 0 amide bonds. The van der Waals surface area contributed by atoms with E-state index >= 15 is 0 Å². The fourth-order valence-corrected chi connectivity index (χ4v) is 3.60. The van der Waals surface area contributed by atoms with Gasteiger partial charge in [-0.3, -0.25) is 4.90 Å². The number of nitrogens with zero attached hydrogens (tertiary/aromatic N) is 1. The van der Waals surface area contributed by atoms with E-state index in [1.807, 2.05) is 18.2 Å². The molecule has 0 atom stereocenters. The lowest BCUT2D eigenvalue weighted by Crippen LogP contribution is -2.22. The molecule has 0 heterocycles. The molecule has 7 heteroatoms. The fraction of sp³-hybridized carbons (Fsp3) is 0.280. The SMILES string of the molecule is COc1cc(CN(Cc2ccccc2)Cc2cc(OC)c(O)c(OC)c2)cc(OC)c1O. The molecule has 3 aromatic rings. The van der Waals surface area contributed by atoms with Crippen LogP contribution >= 0.6 is 0 Å². The summed E-state index contributed by atoms with van der Waals surface area (Å²) >= 11 is 0. The van der Waals surface area contributed by atoms with E-state index in [1.165, 1.54) is 28.4 Å². The van der Waals surface area contributed by atoms with Crippen LogP contribution in [0.3, 0.4) is 0 Å². The highest BCUT2D eigenvalue weighted by Gasteiger charge is 2.17. The average molecular weight is 440 g/mol. The van der Waals surface area contributed by atoms with Crippen LogP contribution in [0.15, 0.2) is 54.6 Å². The topological polar surface area (TPSA) is 80.6 Å². The molecule has 170 valence electrons. The fourth-order valence-electron chi connectivity index (χ4n) is 3.60. The van der Waals surface area contributed by atoms with Crippen LogP contribution in [0.4, 0.5) is 0 Å². The number of hydrogen-bond donors (Lipinski definition) is 2. The Morgan fingerprint density at radius 2 is 0.906 bits per heavy atom. The van der Waals surface area contributed by atoms with Crippen molar-refractivity contribution < 1.29 is 29.2 Å². The second-order valence-corrected chi connectivity index (χ2v) is 7.33. The van der Waals surface area contributed by atoms with Gasteiger partial charge >= 0.3 is 0 Å². The molecule has 0 aliphatic heterocycles. The van der Waals surface area contributed by atoms with Crippen molar-refractivity contribution in [2.24, 2.45) is 0 Å². The minimum atomic E-state index is -0.0265. The van der Waals surface area contributed by atoms with Gasteiger partial charge in [-0.1, -0.05) is 30.3 Å². The van der Waals surface area contributed by atoms with E-state index < -0.39 is 0 Å². The highest BCUT2D eigenvalue weighted by molar-refractivity contribution is 5.53. The lowest BCUT2D eigenvalue weighted by Gasteiger charge is -2.24. The molecule has 0 aliphatic rings. The van der Waals surface area contributed by atoms with Crippen LogP contribution in [-0.2, 0) is 19.6 Å². The zero-order chi connectivity index (χ0) is 23.1. The number of phenols is 2. The van der Waals surface area contributed by atoms with E-state index in [2.05, 4.69) is 17.0 Å². The van der Waals surface area contributed by atoms with Gasteiger partial charge in [-0.15, -0.1) is 0 Å². The number of phenolic OH excluding ortho intramolecular Hbond substituents is 2. The number of hydrogen-bond acceptors (Lipinski definition) is 7. The van der Waals surface area contributed by atoms with Crippen molar-refractivity contribution in [1.29, 1.82) is 0 Å². The first-order chi connectivity index (χ1) is 15.5. The van der Waals surface area contributed by atoms with E-state index in [0.717, 1.165) is 16.7 Å². The Bertz CT molecular complexity index is 924. The molecule has 0 radical (unpaired) electrons. The Hall–Kier alpha value is -3.58. The number of rotatable bonds is 10. The molecule has 3 rings (SSSR count). The standard InChI is InChI=1S/C25H29NO6/c1-29-20-10-18(11-21(30-2)24(20)27)15-26(14-17-8-6-5-7-9-17)16-19-12-22(31-3)25(28)23(13-19)32-4/h5-13,27-28H,14-16H2,1-4H3. The molecule has 0 saturated carbocycles. The maximum Gasteiger partial charge on any atom is 0.200 e. The summed E-state index contributed by atoms with van der Waals surface area (Å²) in [5, 5.41) is 20.5. The summed E-state index contributed by atoms with van der Waals surface area (Å²) in [6.45, 7) is 1.80. The molecule has 32 heavy (non-hydrogen) atoms. The quantitative estimate of drug-likeness (QED) is 0.487. The molecule has 0 fully saturated rings. The van der Waals surface area contributed by atoms with Crippen molar-refractivity contribution in [2.75, 3.05) is 28.4 Å². The van der Waals surface area contributed by atoms with Crippen molar-refractivity contribution in [3.05, 3.63) is 71.3 Å². The van der Waals surface area contributed by atoms with E-state index in [1.54, 1.807) is 24.3 Å². The minimum Gasteiger partial charge on any atom is -0.502 e. The van der Waals surface area contributed by atoms with Gasteiger partial charge in [0.05, 0.1) is 28.4 Å². The summed E-state index contributed by atoms with van der Waals surface area (Å²) < 4.78 is 21.2. The van der Waals surface area contributed by atoms with Crippen molar-refractivity contribution >= 4 is 0 Å². The van der Waals surface area contributed by atoms with Gasteiger partial charge in [0.15, 0.2) is 23.0 Å². The van der Waals surface area contributed by atoms with Gasteiger partial charge in [0.2, 0.25) is 11.5 Å². The first kappa shape index (κ1) is 23.1. The molecule has 0 aliphatic carbocycles. The Kier molecular flexibility index (Phi) is 7.68. The number of aromatic hydroxyl groups is 2. The third kappa shape index (κ3) is 5.36. The largest absolute Gasteiger partial charge is 0.502 e. The maximum atomic E-state index is 10.2. The third-order valence-electron chi connectivity index (χ3n) is 5.14. The van der Waals surface area contributed by atoms with Gasteiger partial charge < -0.3 is 29.2 Å². The third-order valence-corrected chi connectivity index (χ3v) is 5.14. The first-order valence-electron chi connectivity index (χ1n) is 10.1. The molecule has 0 bridgehead atoms. The van der Waals surface area contributed by atoms with Crippen LogP contribution < -0.4 is 18.9 Å². The van der Waals surface area contributed by atoms with Crippen LogP contribution in [0.1, 0.15) is 16.7 Å². The van der Waals surface area contributed by atoms with Crippen molar-refractivity contribution in [3.63, 3.8) is 0 Å². The first-order valence-corrected chi connectivity index (χ1v) is 10.1. The molecule has 7 nitrogen and oxygen atoms in total. The van der Waals surface area contributed by atoms with Crippen molar-refractivity contribution in [3.8, 4) is 34.5 Å². The Morgan fingerprint density at radius 3 is 1.25 bits per heavy atom. The summed E-state index contributed by atoms with van der Waals surface area (Å²) in [5.41, 5.74) is 3.00. The van der Waals surface area contributed by atoms with Crippen LogP contribution in [0.5, 0.6) is 34.5 Å². The van der Waals surface area contributed by atoms with Crippen molar-refractivity contribution in [1.82, 2.24) is 4.90 Å². The van der Waals surface area contributed by atoms with Crippen LogP contribution in [-0.4, -0.2) is 43.6 Å². The van der Waals surface area contributed by atoms with Gasteiger partial charge in [0.1, 0.15) is 0 Å². The van der Waals surface area contributed by atoms with E-state index in [0.29, 0.717) is 42.6 Å². The van der Waals surface area contributed by atoms with E-state index in [-0.39, 0.29) is 11.5 Å². The molecule has 3 aromatic carbocycles. The summed E-state index contributed by atoms with van der Waals surface area (Å²) in [4.78, 5) is 2.23. The van der Waals surface area contributed by atoms with Crippen LogP contribution in [0.25, 0.3) is 0 Å². The van der Waals surface area contributed by atoms with Gasteiger partial charge in [0.25, 0.3) is 0 Å². The van der Waals surface area contributed by atoms with Gasteiger partial charge in [-0.25, -0.2) is 0 Å². The zero-order valence-electron chi connectivity index (χ0n) is 18.8. The lowest BCUT2D eigenvalue weighted by atomic mass is 10.1. The Morgan fingerprint density at radius 1 is 0.562 bits per heavy atom. The maximum absolute atomic E-state index is 10.2. The highest BCUT2D eigenvalue weighted by atomic mass is 16.5. The Balaban J connectivity index is 1.95. The predicted octanol–water partition coefficient (Wildman–Crippen LogP) is 4.33. The second kappa shape index (κ2) is 10.6. The minimum absolute atomic E-state index is 0.0265. The van der Waals surface area contributed by atoms with Crippen molar-refractivity contribution in [2.45, 2.75) is 19.6 Å². The average Bonchev–Trinajstić information content (AvgIpc) is 2.81.